The average Bonchev–Trinajstić information content (AvgIpc) is 2.46. The second-order valence-electron chi connectivity index (χ2n) is 4.82. The van der Waals surface area contributed by atoms with Gasteiger partial charge in [-0.1, -0.05) is 0 Å². The molecule has 7 heteroatoms. The van der Waals surface area contributed by atoms with Gasteiger partial charge in [0.15, 0.2) is 0 Å². The highest BCUT2D eigenvalue weighted by Crippen LogP contribution is 2.28. The molecular formula is C15H21BrN2O4. The third kappa shape index (κ3) is 6.44. The molecule has 0 radical (unpaired) electrons. The maximum Gasteiger partial charge on any atom is 0.222 e. The molecule has 122 valence electrons. The second-order valence-corrected chi connectivity index (χ2v) is 5.67. The van der Waals surface area contributed by atoms with Crippen molar-refractivity contribution in [1.29, 1.82) is 0 Å². The fraction of sp³-hybridized carbons (Fsp3) is 0.467. The van der Waals surface area contributed by atoms with Crippen molar-refractivity contribution >= 4 is 33.4 Å². The summed E-state index contributed by atoms with van der Waals surface area (Å²) >= 11 is 3.38. The van der Waals surface area contributed by atoms with E-state index in [2.05, 4.69) is 21.2 Å². The summed E-state index contributed by atoms with van der Waals surface area (Å²) < 4.78 is 6.41. The summed E-state index contributed by atoms with van der Waals surface area (Å²) in [7, 11) is 1.66. The van der Waals surface area contributed by atoms with Crippen molar-refractivity contribution in [3.63, 3.8) is 0 Å². The van der Waals surface area contributed by atoms with Crippen molar-refractivity contribution in [2.24, 2.45) is 0 Å². The summed E-state index contributed by atoms with van der Waals surface area (Å²) in [5.41, 5.74) is 0.657. The van der Waals surface area contributed by atoms with Crippen LogP contribution in [0.4, 0.5) is 5.69 Å². The number of ether oxygens (including phenoxy) is 1. The molecule has 1 aromatic carbocycles. The normalized spacial score (nSPS) is 10.2. The zero-order valence-corrected chi connectivity index (χ0v) is 14.4. The Hall–Kier alpha value is -1.60. The number of nitrogens with zero attached hydrogens (tertiary/aromatic N) is 1. The highest BCUT2D eigenvalue weighted by atomic mass is 79.9. The van der Waals surface area contributed by atoms with Gasteiger partial charge in [0.25, 0.3) is 0 Å². The van der Waals surface area contributed by atoms with E-state index in [0.29, 0.717) is 37.4 Å². The number of halogens is 1. The lowest BCUT2D eigenvalue weighted by atomic mass is 10.2. The summed E-state index contributed by atoms with van der Waals surface area (Å²) in [5, 5.41) is 11.5. The molecule has 0 atom stereocenters. The lowest BCUT2D eigenvalue weighted by Gasteiger charge is -2.15. The average molecular weight is 373 g/mol. The molecule has 0 unspecified atom stereocenters. The van der Waals surface area contributed by atoms with Crippen molar-refractivity contribution in [1.82, 2.24) is 4.90 Å². The van der Waals surface area contributed by atoms with Gasteiger partial charge in [-0.15, -0.1) is 0 Å². The van der Waals surface area contributed by atoms with Crippen molar-refractivity contribution in [2.75, 3.05) is 32.1 Å². The summed E-state index contributed by atoms with van der Waals surface area (Å²) in [5.74, 6) is 0.442. The van der Waals surface area contributed by atoms with Gasteiger partial charge in [0, 0.05) is 38.7 Å². The number of aliphatic hydroxyl groups is 1. The Bertz CT molecular complexity index is 522. The molecule has 1 rings (SSSR count). The van der Waals surface area contributed by atoms with Gasteiger partial charge in [-0.2, -0.15) is 0 Å². The number of anilines is 1. The van der Waals surface area contributed by atoms with Crippen LogP contribution in [0.3, 0.4) is 0 Å². The number of aliphatic hydroxyl groups excluding tert-OH is 1. The predicted octanol–water partition coefficient (Wildman–Crippen LogP) is 2.02. The Labute approximate surface area is 138 Å². The molecule has 0 saturated heterocycles. The van der Waals surface area contributed by atoms with Gasteiger partial charge in [-0.3, -0.25) is 9.59 Å². The van der Waals surface area contributed by atoms with Crippen LogP contribution in [0, 0.1) is 0 Å². The third-order valence-corrected chi connectivity index (χ3v) is 3.56. The minimum Gasteiger partial charge on any atom is -0.492 e. The topological polar surface area (TPSA) is 78.9 Å². The van der Waals surface area contributed by atoms with E-state index in [1.807, 2.05) is 0 Å². The summed E-state index contributed by atoms with van der Waals surface area (Å²) in [6.45, 7) is 2.13. The zero-order chi connectivity index (χ0) is 16.5. The van der Waals surface area contributed by atoms with Gasteiger partial charge in [0.2, 0.25) is 11.8 Å². The van der Waals surface area contributed by atoms with E-state index < -0.39 is 0 Å². The maximum atomic E-state index is 11.7. The van der Waals surface area contributed by atoms with Crippen molar-refractivity contribution < 1.29 is 19.4 Å². The maximum absolute atomic E-state index is 11.7. The lowest BCUT2D eigenvalue weighted by molar-refractivity contribution is -0.130. The molecule has 0 aliphatic rings. The molecular weight excluding hydrogens is 352 g/mol. The number of likely N-dealkylation sites (N-methyl/N-ethyl adjacent to an activating group) is 1. The van der Waals surface area contributed by atoms with E-state index in [1.54, 1.807) is 25.2 Å². The molecule has 0 aliphatic heterocycles. The molecule has 0 bridgehead atoms. The standard InChI is InChI=1S/C15H21BrN2O4/c1-11(20)17-12-5-6-13(16)14(10-12)22-9-3-4-15(21)18(2)7-8-19/h5-6,10,19H,3-4,7-9H2,1-2H3,(H,17,20). The largest absolute Gasteiger partial charge is 0.492 e. The summed E-state index contributed by atoms with van der Waals surface area (Å²) in [6, 6.07) is 5.29. The van der Waals surface area contributed by atoms with Crippen LogP contribution in [0.1, 0.15) is 19.8 Å². The van der Waals surface area contributed by atoms with E-state index >= 15 is 0 Å². The number of carbonyl (C=O) groups is 2. The van der Waals surface area contributed by atoms with Crippen LogP contribution in [-0.4, -0.2) is 48.6 Å². The van der Waals surface area contributed by atoms with Crippen molar-refractivity contribution in [3.05, 3.63) is 22.7 Å². The SMILES string of the molecule is CC(=O)Nc1ccc(Br)c(OCCCC(=O)N(C)CCO)c1. The Morgan fingerprint density at radius 2 is 2.14 bits per heavy atom. The van der Waals surface area contributed by atoms with Gasteiger partial charge >= 0.3 is 0 Å². The van der Waals surface area contributed by atoms with Crippen molar-refractivity contribution in [2.45, 2.75) is 19.8 Å². The van der Waals surface area contributed by atoms with Crippen LogP contribution in [0.5, 0.6) is 5.75 Å². The number of benzene rings is 1. The first-order valence-corrected chi connectivity index (χ1v) is 7.78. The fourth-order valence-corrected chi connectivity index (χ4v) is 2.13. The minimum atomic E-state index is -0.147. The van der Waals surface area contributed by atoms with Crippen LogP contribution >= 0.6 is 15.9 Å². The Kier molecular flexibility index (Phi) is 7.90. The van der Waals surface area contributed by atoms with Crippen LogP contribution in [0.15, 0.2) is 22.7 Å². The molecule has 22 heavy (non-hydrogen) atoms. The fourth-order valence-electron chi connectivity index (χ4n) is 1.77. The number of hydrogen-bond donors (Lipinski definition) is 2. The minimum absolute atomic E-state index is 0.0243. The molecule has 0 aliphatic carbocycles. The third-order valence-electron chi connectivity index (χ3n) is 2.91. The second kappa shape index (κ2) is 9.42. The Balaban J connectivity index is 2.44. The van der Waals surface area contributed by atoms with Crippen LogP contribution < -0.4 is 10.1 Å². The van der Waals surface area contributed by atoms with Gasteiger partial charge in [-0.25, -0.2) is 0 Å². The number of amides is 2. The first-order valence-electron chi connectivity index (χ1n) is 6.98. The van der Waals surface area contributed by atoms with E-state index in [4.69, 9.17) is 9.84 Å². The predicted molar refractivity (Wildman–Crippen MR) is 87.9 cm³/mol. The Morgan fingerprint density at radius 1 is 1.41 bits per heavy atom. The lowest BCUT2D eigenvalue weighted by Crippen LogP contribution is -2.29. The molecule has 0 fully saturated rings. The Morgan fingerprint density at radius 3 is 2.77 bits per heavy atom. The molecule has 0 heterocycles. The van der Waals surface area contributed by atoms with E-state index in [0.717, 1.165) is 4.47 Å². The van der Waals surface area contributed by atoms with Crippen LogP contribution in [0.25, 0.3) is 0 Å². The van der Waals surface area contributed by atoms with Gasteiger partial charge < -0.3 is 20.1 Å². The van der Waals surface area contributed by atoms with Crippen LogP contribution in [-0.2, 0) is 9.59 Å². The number of carbonyl (C=O) groups excluding carboxylic acids is 2. The molecule has 0 spiro atoms. The number of hydrogen-bond acceptors (Lipinski definition) is 4. The monoisotopic (exact) mass is 372 g/mol. The van der Waals surface area contributed by atoms with Gasteiger partial charge in [0.05, 0.1) is 17.7 Å². The summed E-state index contributed by atoms with van der Waals surface area (Å²) in [4.78, 5) is 24.2. The number of nitrogens with one attached hydrogen (secondary N) is 1. The first-order chi connectivity index (χ1) is 10.4. The van der Waals surface area contributed by atoms with Crippen molar-refractivity contribution in [3.8, 4) is 5.75 Å². The molecule has 0 saturated carbocycles. The highest BCUT2D eigenvalue weighted by molar-refractivity contribution is 9.10. The smallest absolute Gasteiger partial charge is 0.222 e. The van der Waals surface area contributed by atoms with E-state index in [-0.39, 0.29) is 18.4 Å². The molecule has 2 N–H and O–H groups in total. The molecule has 1 aromatic rings. The molecule has 6 nitrogen and oxygen atoms in total. The van der Waals surface area contributed by atoms with E-state index in [9.17, 15) is 9.59 Å². The highest BCUT2D eigenvalue weighted by Gasteiger charge is 2.08. The van der Waals surface area contributed by atoms with Gasteiger partial charge in [0.1, 0.15) is 5.75 Å². The molecule has 0 aromatic heterocycles. The molecule has 2 amide bonds. The van der Waals surface area contributed by atoms with E-state index in [1.165, 1.54) is 11.8 Å². The zero-order valence-electron chi connectivity index (χ0n) is 12.8. The first kappa shape index (κ1) is 18.4. The summed E-state index contributed by atoms with van der Waals surface area (Å²) in [6.07, 6.45) is 0.935. The quantitative estimate of drug-likeness (QED) is 0.684. The van der Waals surface area contributed by atoms with Gasteiger partial charge in [-0.05, 0) is 34.5 Å². The number of rotatable bonds is 8. The van der Waals surface area contributed by atoms with Crippen LogP contribution in [0.2, 0.25) is 0 Å².